The van der Waals surface area contributed by atoms with Gasteiger partial charge in [0.25, 0.3) is 0 Å². The second kappa shape index (κ2) is 8.06. The van der Waals surface area contributed by atoms with Gasteiger partial charge in [-0.15, -0.1) is 0 Å². The summed E-state index contributed by atoms with van der Waals surface area (Å²) >= 11 is 4.12. The Labute approximate surface area is 157 Å². The lowest BCUT2D eigenvalue weighted by Crippen LogP contribution is -2.31. The fourth-order valence-electron chi connectivity index (χ4n) is 2.90. The third-order valence-electron chi connectivity index (χ3n) is 4.24. The first-order valence-electron chi connectivity index (χ1n) is 8.29. The van der Waals surface area contributed by atoms with Crippen LogP contribution in [0.3, 0.4) is 0 Å². The number of rotatable bonds is 7. The van der Waals surface area contributed by atoms with Crippen molar-refractivity contribution in [1.82, 2.24) is 0 Å². The van der Waals surface area contributed by atoms with E-state index in [9.17, 15) is 14.7 Å². The maximum Gasteiger partial charge on any atom is 0.326 e. The minimum absolute atomic E-state index is 0.0623. The van der Waals surface area contributed by atoms with Crippen molar-refractivity contribution in [2.45, 2.75) is 12.5 Å². The van der Waals surface area contributed by atoms with Crippen LogP contribution in [0.1, 0.15) is 15.9 Å². The second-order valence-electron chi connectivity index (χ2n) is 6.01. The zero-order valence-electron chi connectivity index (χ0n) is 14.1. The van der Waals surface area contributed by atoms with Gasteiger partial charge in [-0.05, 0) is 17.0 Å². The number of carbonyl (C=O) groups excluding carboxylic acids is 1. The van der Waals surface area contributed by atoms with Crippen LogP contribution in [0.5, 0.6) is 0 Å². The number of hydrogen-bond donors (Lipinski definition) is 3. The maximum absolute atomic E-state index is 12.9. The number of thiol groups is 1. The van der Waals surface area contributed by atoms with Crippen molar-refractivity contribution in [3.63, 3.8) is 0 Å². The predicted octanol–water partition coefficient (Wildman–Crippen LogP) is 4.06. The van der Waals surface area contributed by atoms with Crippen molar-refractivity contribution >= 4 is 40.8 Å². The lowest BCUT2D eigenvalue weighted by Gasteiger charge is -2.19. The van der Waals surface area contributed by atoms with E-state index in [0.717, 1.165) is 16.3 Å². The highest BCUT2D eigenvalue weighted by atomic mass is 32.1. The number of Topliss-reactive ketones (excluding diaryl/α,β-unsaturated/α-hetero) is 1. The van der Waals surface area contributed by atoms with Gasteiger partial charge in [-0.2, -0.15) is 12.6 Å². The first-order chi connectivity index (χ1) is 12.6. The highest BCUT2D eigenvalue weighted by Crippen LogP contribution is 2.29. The average Bonchev–Trinajstić information content (AvgIpc) is 2.66. The summed E-state index contributed by atoms with van der Waals surface area (Å²) in [5.74, 6) is -0.952. The summed E-state index contributed by atoms with van der Waals surface area (Å²) in [7, 11) is 0. The number of carboxylic acid groups (broad SMARTS) is 1. The number of anilines is 1. The Morgan fingerprint density at radius 1 is 0.962 bits per heavy atom. The Bertz CT molecular complexity index is 940. The quantitative estimate of drug-likeness (QED) is 0.436. The van der Waals surface area contributed by atoms with Gasteiger partial charge in [0.2, 0.25) is 0 Å². The van der Waals surface area contributed by atoms with E-state index in [1.54, 1.807) is 6.07 Å². The van der Waals surface area contributed by atoms with Crippen LogP contribution >= 0.6 is 12.6 Å². The van der Waals surface area contributed by atoms with Crippen molar-refractivity contribution in [3.05, 3.63) is 77.9 Å². The zero-order chi connectivity index (χ0) is 18.5. The van der Waals surface area contributed by atoms with Gasteiger partial charge in [0.15, 0.2) is 5.78 Å². The smallest absolute Gasteiger partial charge is 0.326 e. The van der Waals surface area contributed by atoms with Gasteiger partial charge in [0.05, 0.1) is 5.69 Å². The molecule has 0 aliphatic rings. The summed E-state index contributed by atoms with van der Waals surface area (Å²) in [6, 6.07) is 19.8. The van der Waals surface area contributed by atoms with E-state index in [4.69, 9.17) is 0 Å². The Morgan fingerprint density at radius 3 is 2.35 bits per heavy atom. The molecule has 3 aromatic rings. The fraction of sp³-hybridized carbons (Fsp3) is 0.143. The SMILES string of the molecule is O=C(Cc1ccccc1)c1ccc2ccccc2c1NC(CS)C(=O)O. The number of carboxylic acids is 1. The van der Waals surface area contributed by atoms with Crippen molar-refractivity contribution in [3.8, 4) is 0 Å². The summed E-state index contributed by atoms with van der Waals surface area (Å²) in [6.45, 7) is 0. The molecule has 0 radical (unpaired) electrons. The van der Waals surface area contributed by atoms with E-state index in [1.165, 1.54) is 0 Å². The van der Waals surface area contributed by atoms with E-state index >= 15 is 0 Å². The summed E-state index contributed by atoms with van der Waals surface area (Å²) in [5, 5.41) is 14.1. The van der Waals surface area contributed by atoms with Crippen molar-refractivity contribution < 1.29 is 14.7 Å². The second-order valence-corrected chi connectivity index (χ2v) is 6.38. The maximum atomic E-state index is 12.9. The molecule has 3 aromatic carbocycles. The number of nitrogens with one attached hydrogen (secondary N) is 1. The number of fused-ring (bicyclic) bond motifs is 1. The molecular weight excluding hydrogens is 346 g/mol. The standard InChI is InChI=1S/C21H19NO3S/c23-19(12-14-6-2-1-3-7-14)17-11-10-15-8-4-5-9-16(15)20(17)22-18(13-26)21(24)25/h1-11,18,22,26H,12-13H2,(H,24,25). The number of hydrogen-bond acceptors (Lipinski definition) is 4. The monoisotopic (exact) mass is 365 g/mol. The molecule has 0 aromatic heterocycles. The summed E-state index contributed by atoms with van der Waals surface area (Å²) in [6.07, 6.45) is 0.256. The lowest BCUT2D eigenvalue weighted by atomic mass is 9.97. The fourth-order valence-corrected chi connectivity index (χ4v) is 3.14. The van der Waals surface area contributed by atoms with Gasteiger partial charge in [0.1, 0.15) is 6.04 Å². The highest BCUT2D eigenvalue weighted by molar-refractivity contribution is 7.80. The molecule has 4 nitrogen and oxygen atoms in total. The molecule has 0 saturated heterocycles. The molecule has 0 spiro atoms. The zero-order valence-corrected chi connectivity index (χ0v) is 14.9. The van der Waals surface area contributed by atoms with Crippen molar-refractivity contribution in [2.75, 3.05) is 11.1 Å². The average molecular weight is 365 g/mol. The molecule has 5 heteroatoms. The van der Waals surface area contributed by atoms with Gasteiger partial charge >= 0.3 is 5.97 Å². The first-order valence-corrected chi connectivity index (χ1v) is 8.92. The number of aliphatic carboxylic acids is 1. The van der Waals surface area contributed by atoms with Crippen LogP contribution in [-0.4, -0.2) is 28.7 Å². The summed E-state index contributed by atoms with van der Waals surface area (Å²) in [4.78, 5) is 24.4. The Balaban J connectivity index is 2.04. The van der Waals surface area contributed by atoms with E-state index in [0.29, 0.717) is 11.3 Å². The molecule has 1 unspecified atom stereocenters. The van der Waals surface area contributed by atoms with Gasteiger partial charge in [-0.3, -0.25) is 4.79 Å². The molecule has 0 amide bonds. The Morgan fingerprint density at radius 2 is 1.65 bits per heavy atom. The lowest BCUT2D eigenvalue weighted by molar-refractivity contribution is -0.137. The van der Waals surface area contributed by atoms with E-state index < -0.39 is 12.0 Å². The summed E-state index contributed by atoms with van der Waals surface area (Å²) < 4.78 is 0. The molecule has 26 heavy (non-hydrogen) atoms. The molecule has 0 fully saturated rings. The van der Waals surface area contributed by atoms with Crippen LogP contribution in [0.2, 0.25) is 0 Å². The third kappa shape index (κ3) is 3.89. The van der Waals surface area contributed by atoms with Crippen LogP contribution in [0.25, 0.3) is 10.8 Å². The van der Waals surface area contributed by atoms with Gasteiger partial charge in [-0.1, -0.05) is 60.7 Å². The Hall–Kier alpha value is -2.79. The minimum Gasteiger partial charge on any atom is -0.480 e. The number of ketones is 1. The molecule has 0 saturated carbocycles. The molecule has 132 valence electrons. The predicted molar refractivity (Wildman–Crippen MR) is 107 cm³/mol. The minimum atomic E-state index is -1.01. The van der Waals surface area contributed by atoms with Crippen LogP contribution in [0.4, 0.5) is 5.69 Å². The normalized spacial score (nSPS) is 11.9. The van der Waals surface area contributed by atoms with Gasteiger partial charge < -0.3 is 10.4 Å². The third-order valence-corrected chi connectivity index (χ3v) is 4.60. The number of benzene rings is 3. The van der Waals surface area contributed by atoms with E-state index in [1.807, 2.05) is 60.7 Å². The van der Waals surface area contributed by atoms with Crippen LogP contribution < -0.4 is 5.32 Å². The molecule has 3 rings (SSSR count). The van der Waals surface area contributed by atoms with Gasteiger partial charge in [0, 0.05) is 23.1 Å². The molecule has 2 N–H and O–H groups in total. The number of carbonyl (C=O) groups is 2. The van der Waals surface area contributed by atoms with Crippen LogP contribution in [0, 0.1) is 0 Å². The molecule has 0 aliphatic heterocycles. The largest absolute Gasteiger partial charge is 0.480 e. The first kappa shape index (κ1) is 18.0. The van der Waals surface area contributed by atoms with Crippen molar-refractivity contribution in [2.24, 2.45) is 0 Å². The van der Waals surface area contributed by atoms with Crippen molar-refractivity contribution in [1.29, 1.82) is 0 Å². The molecule has 0 heterocycles. The topological polar surface area (TPSA) is 66.4 Å². The molecule has 0 aliphatic carbocycles. The Kier molecular flexibility index (Phi) is 5.58. The van der Waals surface area contributed by atoms with E-state index in [2.05, 4.69) is 17.9 Å². The van der Waals surface area contributed by atoms with Crippen LogP contribution in [0.15, 0.2) is 66.7 Å². The van der Waals surface area contributed by atoms with Crippen LogP contribution in [-0.2, 0) is 11.2 Å². The van der Waals surface area contributed by atoms with Gasteiger partial charge in [-0.25, -0.2) is 4.79 Å². The van der Waals surface area contributed by atoms with E-state index in [-0.39, 0.29) is 18.0 Å². The highest BCUT2D eigenvalue weighted by Gasteiger charge is 2.21. The molecular formula is C21H19NO3S. The molecule has 0 bridgehead atoms. The summed E-state index contributed by atoms with van der Waals surface area (Å²) in [5.41, 5.74) is 1.95. The molecule has 1 atom stereocenters.